The summed E-state index contributed by atoms with van der Waals surface area (Å²) in [6.07, 6.45) is -1.34. The Bertz CT molecular complexity index is 604. The quantitative estimate of drug-likeness (QED) is 0.738. The first kappa shape index (κ1) is 21.5. The van der Waals surface area contributed by atoms with Crippen LogP contribution in [0.3, 0.4) is 0 Å². The van der Waals surface area contributed by atoms with Gasteiger partial charge in [0.1, 0.15) is 17.3 Å². The molecule has 0 aromatic heterocycles. The molecule has 25 heavy (non-hydrogen) atoms. The van der Waals surface area contributed by atoms with Crippen molar-refractivity contribution in [3.8, 4) is 0 Å². The molecule has 0 saturated carbocycles. The minimum absolute atomic E-state index is 0.0253. The van der Waals surface area contributed by atoms with E-state index in [1.807, 2.05) is 0 Å². The van der Waals surface area contributed by atoms with Crippen LogP contribution >= 0.6 is 0 Å². The first-order valence-corrected chi connectivity index (χ1v) is 9.73. The van der Waals surface area contributed by atoms with Crippen LogP contribution in [-0.2, 0) is 23.8 Å². The summed E-state index contributed by atoms with van der Waals surface area (Å²) in [5.74, 6) is 0. The van der Waals surface area contributed by atoms with Gasteiger partial charge in [-0.15, -0.1) is 0 Å². The van der Waals surface area contributed by atoms with Gasteiger partial charge in [-0.25, -0.2) is 9.59 Å². The van der Waals surface area contributed by atoms with Crippen LogP contribution in [0.25, 0.3) is 0 Å². The standard InChI is InChI=1S/C15H28N2O7S/c1-14(2,3)22-12(18)16-10-8-17(13(19)23-15(4,5)6)9-11(10)24-25(7,20)21/h10-11H,8-9H2,1-7H3,(H,16,18)/t10-,11+/m1/s1. The molecule has 1 aliphatic rings. The van der Waals surface area contributed by atoms with Gasteiger partial charge in [-0.3, -0.25) is 4.18 Å². The molecule has 0 unspecified atom stereocenters. The number of rotatable bonds is 3. The van der Waals surface area contributed by atoms with Crippen LogP contribution in [0.1, 0.15) is 41.5 Å². The fourth-order valence-electron chi connectivity index (χ4n) is 2.17. The summed E-state index contributed by atoms with van der Waals surface area (Å²) >= 11 is 0. The highest BCUT2D eigenvalue weighted by molar-refractivity contribution is 7.86. The van der Waals surface area contributed by atoms with Crippen LogP contribution in [0.2, 0.25) is 0 Å². The third-order valence-corrected chi connectivity index (χ3v) is 3.52. The zero-order valence-corrected chi connectivity index (χ0v) is 16.6. The van der Waals surface area contributed by atoms with Gasteiger partial charge in [0.15, 0.2) is 0 Å². The molecule has 0 bridgehead atoms. The SMILES string of the molecule is CC(C)(C)OC(=O)N[C@@H]1CN(C(=O)OC(C)(C)C)C[C@@H]1OS(C)(=O)=O. The highest BCUT2D eigenvalue weighted by Gasteiger charge is 2.41. The molecular formula is C15H28N2O7S. The van der Waals surface area contributed by atoms with E-state index in [2.05, 4.69) is 5.32 Å². The Labute approximate surface area is 149 Å². The van der Waals surface area contributed by atoms with Crippen molar-refractivity contribution in [2.45, 2.75) is 64.9 Å². The lowest BCUT2D eigenvalue weighted by molar-refractivity contribution is 0.0273. The Morgan fingerprint density at radius 1 is 1.00 bits per heavy atom. The van der Waals surface area contributed by atoms with E-state index in [0.29, 0.717) is 0 Å². The molecule has 146 valence electrons. The van der Waals surface area contributed by atoms with Gasteiger partial charge in [0.25, 0.3) is 10.1 Å². The van der Waals surface area contributed by atoms with Gasteiger partial charge in [-0.05, 0) is 41.5 Å². The van der Waals surface area contributed by atoms with Gasteiger partial charge in [0.2, 0.25) is 0 Å². The van der Waals surface area contributed by atoms with Crippen LogP contribution in [-0.4, -0.2) is 68.2 Å². The maximum atomic E-state index is 12.2. The molecule has 2 amide bonds. The molecular weight excluding hydrogens is 352 g/mol. The van der Waals surface area contributed by atoms with Crippen molar-refractivity contribution < 1.29 is 31.7 Å². The first-order chi connectivity index (χ1) is 11.1. The van der Waals surface area contributed by atoms with Crippen molar-refractivity contribution in [2.24, 2.45) is 0 Å². The van der Waals surface area contributed by atoms with Crippen molar-refractivity contribution in [1.29, 1.82) is 0 Å². The summed E-state index contributed by atoms with van der Waals surface area (Å²) in [7, 11) is -3.77. The van der Waals surface area contributed by atoms with E-state index in [0.717, 1.165) is 6.26 Å². The number of likely N-dealkylation sites (tertiary alicyclic amines) is 1. The molecule has 2 atom stereocenters. The summed E-state index contributed by atoms with van der Waals surface area (Å²) < 4.78 is 38.3. The fourth-order valence-corrected chi connectivity index (χ4v) is 2.81. The van der Waals surface area contributed by atoms with Gasteiger partial charge in [-0.2, -0.15) is 8.42 Å². The highest BCUT2D eigenvalue weighted by atomic mass is 32.2. The second kappa shape index (κ2) is 7.36. The highest BCUT2D eigenvalue weighted by Crippen LogP contribution is 2.20. The second-order valence-corrected chi connectivity index (χ2v) is 9.58. The minimum atomic E-state index is -3.77. The molecule has 0 aromatic carbocycles. The number of alkyl carbamates (subject to hydrolysis) is 1. The number of ether oxygens (including phenoxy) is 2. The van der Waals surface area contributed by atoms with Crippen molar-refractivity contribution in [1.82, 2.24) is 10.2 Å². The van der Waals surface area contributed by atoms with Crippen LogP contribution in [0, 0.1) is 0 Å². The van der Waals surface area contributed by atoms with Gasteiger partial charge >= 0.3 is 12.2 Å². The van der Waals surface area contributed by atoms with E-state index in [-0.39, 0.29) is 13.1 Å². The Hall–Kier alpha value is -1.55. The smallest absolute Gasteiger partial charge is 0.410 e. The fraction of sp³-hybridized carbons (Fsp3) is 0.867. The Morgan fingerprint density at radius 3 is 1.96 bits per heavy atom. The van der Waals surface area contributed by atoms with E-state index in [9.17, 15) is 18.0 Å². The number of carbonyl (C=O) groups is 2. The maximum Gasteiger partial charge on any atom is 0.410 e. The molecule has 1 aliphatic heterocycles. The van der Waals surface area contributed by atoms with E-state index >= 15 is 0 Å². The van der Waals surface area contributed by atoms with Gasteiger partial charge in [0, 0.05) is 6.54 Å². The summed E-state index contributed by atoms with van der Waals surface area (Å²) in [4.78, 5) is 25.4. The summed E-state index contributed by atoms with van der Waals surface area (Å²) in [5, 5.41) is 2.56. The lowest BCUT2D eigenvalue weighted by atomic mass is 10.2. The summed E-state index contributed by atoms with van der Waals surface area (Å²) in [6.45, 7) is 10.3. The molecule has 1 heterocycles. The second-order valence-electron chi connectivity index (χ2n) is 7.98. The van der Waals surface area contributed by atoms with Crippen molar-refractivity contribution in [3.05, 3.63) is 0 Å². The first-order valence-electron chi connectivity index (χ1n) is 7.91. The van der Waals surface area contributed by atoms with Crippen molar-refractivity contribution >= 4 is 22.3 Å². The predicted octanol–water partition coefficient (Wildman–Crippen LogP) is 1.48. The van der Waals surface area contributed by atoms with E-state index < -0.39 is 45.7 Å². The average molecular weight is 380 g/mol. The van der Waals surface area contributed by atoms with Crippen LogP contribution < -0.4 is 5.32 Å². The Kier molecular flexibility index (Phi) is 6.33. The summed E-state index contributed by atoms with van der Waals surface area (Å²) in [6, 6.07) is -0.739. The minimum Gasteiger partial charge on any atom is -0.444 e. The number of hydrogen-bond donors (Lipinski definition) is 1. The third-order valence-electron chi connectivity index (χ3n) is 2.92. The van der Waals surface area contributed by atoms with Gasteiger partial charge < -0.3 is 19.7 Å². The monoisotopic (exact) mass is 380 g/mol. The van der Waals surface area contributed by atoms with E-state index in [1.54, 1.807) is 41.5 Å². The number of hydrogen-bond acceptors (Lipinski definition) is 7. The zero-order chi connectivity index (χ0) is 19.6. The van der Waals surface area contributed by atoms with Gasteiger partial charge in [-0.1, -0.05) is 0 Å². The Morgan fingerprint density at radius 2 is 1.52 bits per heavy atom. The molecule has 0 spiro atoms. The van der Waals surface area contributed by atoms with Gasteiger partial charge in [0.05, 0.1) is 18.8 Å². The molecule has 1 rings (SSSR count). The zero-order valence-electron chi connectivity index (χ0n) is 15.8. The third kappa shape index (κ3) is 8.39. The lowest BCUT2D eigenvalue weighted by Gasteiger charge is -2.24. The van der Waals surface area contributed by atoms with Crippen molar-refractivity contribution in [3.63, 3.8) is 0 Å². The van der Waals surface area contributed by atoms with E-state index in [4.69, 9.17) is 13.7 Å². The maximum absolute atomic E-state index is 12.2. The number of nitrogens with zero attached hydrogens (tertiary/aromatic N) is 1. The molecule has 1 N–H and O–H groups in total. The van der Waals surface area contributed by atoms with E-state index in [1.165, 1.54) is 4.90 Å². The molecule has 0 radical (unpaired) electrons. The number of nitrogens with one attached hydrogen (secondary N) is 1. The molecule has 9 nitrogen and oxygen atoms in total. The van der Waals surface area contributed by atoms with Crippen LogP contribution in [0.4, 0.5) is 9.59 Å². The number of amides is 2. The lowest BCUT2D eigenvalue weighted by Crippen LogP contribution is -2.46. The molecule has 1 fully saturated rings. The largest absolute Gasteiger partial charge is 0.444 e. The number of carbonyl (C=O) groups excluding carboxylic acids is 2. The molecule has 0 aromatic rings. The molecule has 1 saturated heterocycles. The predicted molar refractivity (Wildman–Crippen MR) is 90.7 cm³/mol. The normalized spacial score (nSPS) is 21.8. The Balaban J connectivity index is 2.84. The van der Waals surface area contributed by atoms with Crippen LogP contribution in [0.15, 0.2) is 0 Å². The topological polar surface area (TPSA) is 111 Å². The summed E-state index contributed by atoms with van der Waals surface area (Å²) in [5.41, 5.74) is -1.40. The molecule has 10 heteroatoms. The van der Waals surface area contributed by atoms with Crippen molar-refractivity contribution in [2.75, 3.05) is 19.3 Å². The average Bonchev–Trinajstić information content (AvgIpc) is 2.65. The molecule has 0 aliphatic carbocycles. The van der Waals surface area contributed by atoms with Crippen LogP contribution in [0.5, 0.6) is 0 Å².